The van der Waals surface area contributed by atoms with Crippen molar-refractivity contribution in [2.24, 2.45) is 17.3 Å². The molecule has 4 atom stereocenters. The molecule has 5 rings (SSSR count). The van der Waals surface area contributed by atoms with Crippen molar-refractivity contribution in [2.45, 2.75) is 32.9 Å². The van der Waals surface area contributed by atoms with E-state index in [1.165, 1.54) is 4.90 Å². The molecule has 2 saturated heterocycles. The van der Waals surface area contributed by atoms with Gasteiger partial charge in [0.2, 0.25) is 11.8 Å². The van der Waals surface area contributed by atoms with Crippen LogP contribution in [-0.2, 0) is 14.4 Å². The van der Waals surface area contributed by atoms with Crippen LogP contribution in [0.25, 0.3) is 6.08 Å². The fourth-order valence-electron chi connectivity index (χ4n) is 5.17. The molecule has 6 heteroatoms. The SMILES string of the molecule is CC(C)(C)C(=O)C1C2C(=O)N(c3cccc(Br)c3)C(=O)C2C2c3ccccc3C=CN12. The molecule has 2 amide bonds. The van der Waals surface area contributed by atoms with Crippen molar-refractivity contribution < 1.29 is 14.4 Å². The molecule has 0 saturated carbocycles. The number of nitrogens with zero attached hydrogens (tertiary/aromatic N) is 2. The van der Waals surface area contributed by atoms with Gasteiger partial charge in [0.15, 0.2) is 5.78 Å². The van der Waals surface area contributed by atoms with Gasteiger partial charge in [0.1, 0.15) is 6.04 Å². The van der Waals surface area contributed by atoms with Crippen LogP contribution in [0.5, 0.6) is 0 Å². The highest BCUT2D eigenvalue weighted by Crippen LogP contribution is 2.54. The average Bonchev–Trinajstić information content (AvgIpc) is 3.19. The molecule has 0 aromatic heterocycles. The van der Waals surface area contributed by atoms with Gasteiger partial charge in [0.25, 0.3) is 0 Å². The first-order chi connectivity index (χ1) is 14.7. The second-order valence-electron chi connectivity index (χ2n) is 9.44. The lowest BCUT2D eigenvalue weighted by atomic mass is 9.79. The summed E-state index contributed by atoms with van der Waals surface area (Å²) >= 11 is 3.43. The molecule has 0 N–H and O–H groups in total. The molecule has 3 aliphatic heterocycles. The minimum atomic E-state index is -0.709. The van der Waals surface area contributed by atoms with Gasteiger partial charge in [-0.2, -0.15) is 0 Å². The number of rotatable bonds is 2. The fourth-order valence-corrected chi connectivity index (χ4v) is 5.56. The highest BCUT2D eigenvalue weighted by Gasteiger charge is 2.65. The van der Waals surface area contributed by atoms with Crippen LogP contribution in [0.2, 0.25) is 0 Å². The predicted octanol–water partition coefficient (Wildman–Crippen LogP) is 4.58. The van der Waals surface area contributed by atoms with E-state index in [0.717, 1.165) is 15.6 Å². The van der Waals surface area contributed by atoms with Crippen molar-refractivity contribution in [1.29, 1.82) is 0 Å². The normalized spacial score (nSPS) is 26.7. The minimum Gasteiger partial charge on any atom is -0.359 e. The molecule has 3 aliphatic rings. The van der Waals surface area contributed by atoms with Crippen LogP contribution in [-0.4, -0.2) is 28.5 Å². The Labute approximate surface area is 189 Å². The maximum Gasteiger partial charge on any atom is 0.240 e. The first-order valence-corrected chi connectivity index (χ1v) is 11.2. The number of hydrogen-bond acceptors (Lipinski definition) is 4. The number of anilines is 1. The number of Topliss-reactive ketones (excluding diaryl/α,β-unsaturated/α-hetero) is 1. The molecule has 2 aromatic rings. The van der Waals surface area contributed by atoms with Crippen molar-refractivity contribution in [1.82, 2.24) is 4.90 Å². The van der Waals surface area contributed by atoms with E-state index in [2.05, 4.69) is 15.9 Å². The molecular formula is C25H23BrN2O3. The fraction of sp³-hybridized carbons (Fsp3) is 0.320. The van der Waals surface area contributed by atoms with E-state index in [4.69, 9.17) is 0 Å². The van der Waals surface area contributed by atoms with Crippen LogP contribution in [0, 0.1) is 17.3 Å². The quantitative estimate of drug-likeness (QED) is 0.592. The Hall–Kier alpha value is -2.73. The molecular weight excluding hydrogens is 456 g/mol. The molecule has 31 heavy (non-hydrogen) atoms. The van der Waals surface area contributed by atoms with Crippen molar-refractivity contribution in [3.8, 4) is 0 Å². The lowest BCUT2D eigenvalue weighted by Crippen LogP contribution is -2.47. The van der Waals surface area contributed by atoms with Gasteiger partial charge in [-0.3, -0.25) is 14.4 Å². The number of amides is 2. The zero-order chi connectivity index (χ0) is 22.1. The van der Waals surface area contributed by atoms with E-state index >= 15 is 0 Å². The van der Waals surface area contributed by atoms with E-state index in [1.54, 1.807) is 18.2 Å². The van der Waals surface area contributed by atoms with Gasteiger partial charge in [-0.1, -0.05) is 67.0 Å². The lowest BCUT2D eigenvalue weighted by Gasteiger charge is -2.37. The Morgan fingerprint density at radius 3 is 2.39 bits per heavy atom. The Morgan fingerprint density at radius 2 is 1.68 bits per heavy atom. The summed E-state index contributed by atoms with van der Waals surface area (Å²) in [5, 5.41) is 0. The molecule has 0 aliphatic carbocycles. The van der Waals surface area contributed by atoms with Crippen molar-refractivity contribution in [2.75, 3.05) is 4.90 Å². The van der Waals surface area contributed by atoms with Crippen molar-refractivity contribution in [3.05, 3.63) is 70.3 Å². The summed E-state index contributed by atoms with van der Waals surface area (Å²) < 4.78 is 0.789. The van der Waals surface area contributed by atoms with Crippen LogP contribution in [0.3, 0.4) is 0 Å². The minimum absolute atomic E-state index is 0.0220. The number of fused-ring (bicyclic) bond motifs is 5. The summed E-state index contributed by atoms with van der Waals surface area (Å²) in [6.07, 6.45) is 3.86. The summed E-state index contributed by atoms with van der Waals surface area (Å²) in [5.74, 6) is -1.87. The van der Waals surface area contributed by atoms with Crippen LogP contribution in [0.1, 0.15) is 37.9 Å². The van der Waals surface area contributed by atoms with Crippen LogP contribution >= 0.6 is 15.9 Å². The van der Waals surface area contributed by atoms with Gasteiger partial charge >= 0.3 is 0 Å². The van der Waals surface area contributed by atoms with Crippen molar-refractivity contribution in [3.63, 3.8) is 0 Å². The predicted molar refractivity (Wildman–Crippen MR) is 122 cm³/mol. The number of imide groups is 1. The monoisotopic (exact) mass is 478 g/mol. The number of ketones is 1. The maximum atomic E-state index is 13.7. The van der Waals surface area contributed by atoms with E-state index in [1.807, 2.05) is 68.3 Å². The molecule has 0 spiro atoms. The summed E-state index contributed by atoms with van der Waals surface area (Å²) in [4.78, 5) is 44.2. The zero-order valence-corrected chi connectivity index (χ0v) is 19.2. The third kappa shape index (κ3) is 2.92. The van der Waals surface area contributed by atoms with Gasteiger partial charge in [0, 0.05) is 16.1 Å². The lowest BCUT2D eigenvalue weighted by molar-refractivity contribution is -0.135. The first kappa shape index (κ1) is 20.2. The largest absolute Gasteiger partial charge is 0.359 e. The van der Waals surface area contributed by atoms with Crippen molar-refractivity contribution >= 4 is 45.3 Å². The molecule has 0 radical (unpaired) electrons. The third-order valence-electron chi connectivity index (χ3n) is 6.54. The molecule has 5 nitrogen and oxygen atoms in total. The van der Waals surface area contributed by atoms with Crippen LogP contribution < -0.4 is 4.90 Å². The smallest absolute Gasteiger partial charge is 0.240 e. The number of benzene rings is 2. The number of halogens is 1. The third-order valence-corrected chi connectivity index (χ3v) is 7.03. The van der Waals surface area contributed by atoms with Gasteiger partial charge in [-0.05, 0) is 35.4 Å². The van der Waals surface area contributed by atoms with E-state index in [9.17, 15) is 14.4 Å². The highest BCUT2D eigenvalue weighted by molar-refractivity contribution is 9.10. The highest BCUT2D eigenvalue weighted by atomic mass is 79.9. The second kappa shape index (κ2) is 6.89. The topological polar surface area (TPSA) is 57.7 Å². The zero-order valence-electron chi connectivity index (χ0n) is 17.6. The Bertz CT molecular complexity index is 1150. The molecule has 4 unspecified atom stereocenters. The summed E-state index contributed by atoms with van der Waals surface area (Å²) in [7, 11) is 0. The number of hydrogen-bond donors (Lipinski definition) is 0. The van der Waals surface area contributed by atoms with E-state index < -0.39 is 23.3 Å². The molecule has 0 bridgehead atoms. The molecule has 3 heterocycles. The van der Waals surface area contributed by atoms with Gasteiger partial charge in [-0.15, -0.1) is 0 Å². The molecule has 2 aromatic carbocycles. The first-order valence-electron chi connectivity index (χ1n) is 10.4. The van der Waals surface area contributed by atoms with E-state index in [-0.39, 0.29) is 23.6 Å². The Morgan fingerprint density at radius 1 is 0.968 bits per heavy atom. The van der Waals surface area contributed by atoms with Gasteiger partial charge < -0.3 is 4.90 Å². The number of carbonyl (C=O) groups is 3. The standard InChI is InChI=1S/C25H23BrN2O3/c1-25(2,3)22(29)21-19-18(20-17-10-5-4-7-14(17)11-12-27(20)21)23(30)28(24(19)31)16-9-6-8-15(26)13-16/h4-13,18-21H,1-3H3. The second-order valence-corrected chi connectivity index (χ2v) is 10.4. The maximum absolute atomic E-state index is 13.7. The molecule has 2 fully saturated rings. The average molecular weight is 479 g/mol. The number of carbonyl (C=O) groups excluding carboxylic acids is 3. The van der Waals surface area contributed by atoms with E-state index in [0.29, 0.717) is 5.69 Å². The summed E-state index contributed by atoms with van der Waals surface area (Å²) in [6, 6.07) is 14.1. The Kier molecular flexibility index (Phi) is 4.49. The van der Waals surface area contributed by atoms with Gasteiger partial charge in [-0.25, -0.2) is 4.90 Å². The summed E-state index contributed by atoms with van der Waals surface area (Å²) in [6.45, 7) is 5.60. The summed E-state index contributed by atoms with van der Waals surface area (Å²) in [5.41, 5.74) is 1.91. The van der Waals surface area contributed by atoms with Gasteiger partial charge in [0.05, 0.1) is 23.6 Å². The molecule has 158 valence electrons. The van der Waals surface area contributed by atoms with Crippen LogP contribution in [0.15, 0.2) is 59.2 Å². The Balaban J connectivity index is 1.67. The van der Waals surface area contributed by atoms with Crippen LogP contribution in [0.4, 0.5) is 5.69 Å².